The van der Waals surface area contributed by atoms with Gasteiger partial charge in [-0.05, 0) is 20.8 Å². The lowest BCUT2D eigenvalue weighted by molar-refractivity contribution is -0.234. The summed E-state index contributed by atoms with van der Waals surface area (Å²) in [5, 5.41) is 10.3. The molecule has 0 radical (unpaired) electrons. The number of aliphatic hydroxyl groups excluding tert-OH is 1. The third-order valence-electron chi connectivity index (χ3n) is 3.46. The zero-order valence-electron chi connectivity index (χ0n) is 12.9. The minimum absolute atomic E-state index is 0.0789. The van der Waals surface area contributed by atoms with Gasteiger partial charge in [-0.3, -0.25) is 0 Å². The van der Waals surface area contributed by atoms with Crippen molar-refractivity contribution in [3.8, 4) is 0 Å². The Kier molecular flexibility index (Phi) is 4.96. The number of aliphatic hydroxyl groups is 1. The highest BCUT2D eigenvalue weighted by Gasteiger charge is 2.59. The highest BCUT2D eigenvalue weighted by atomic mass is 16.8. The molecule has 2 rings (SSSR count). The number of carbonyl (C=O) groups excluding carboxylic acids is 1. The molecule has 0 saturated carbocycles. The van der Waals surface area contributed by atoms with Crippen LogP contribution in [0.1, 0.15) is 20.8 Å². The Labute approximate surface area is 127 Å². The van der Waals surface area contributed by atoms with Crippen LogP contribution in [0.25, 0.3) is 5.53 Å². The molecule has 2 aliphatic rings. The van der Waals surface area contributed by atoms with Crippen LogP contribution in [0.5, 0.6) is 0 Å². The highest BCUT2D eigenvalue weighted by Crippen LogP contribution is 2.40. The van der Waals surface area contributed by atoms with E-state index in [0.717, 1.165) is 0 Å². The van der Waals surface area contributed by atoms with Crippen LogP contribution >= 0.6 is 0 Å². The van der Waals surface area contributed by atoms with Crippen LogP contribution in [-0.4, -0.2) is 71.8 Å². The maximum Gasteiger partial charge on any atom is 0.419 e. The first-order valence-electron chi connectivity index (χ1n) is 6.95. The number of ether oxygens (including phenoxy) is 5. The van der Waals surface area contributed by atoms with Gasteiger partial charge in [0.2, 0.25) is 0 Å². The summed E-state index contributed by atoms with van der Waals surface area (Å²) >= 11 is 0. The van der Waals surface area contributed by atoms with Gasteiger partial charge < -0.3 is 34.3 Å². The summed E-state index contributed by atoms with van der Waals surface area (Å²) in [6, 6.07) is 0. The molecule has 0 aliphatic carbocycles. The lowest BCUT2D eigenvalue weighted by atomic mass is 10.0. The van der Waals surface area contributed by atoms with E-state index in [1.165, 1.54) is 7.11 Å². The lowest BCUT2D eigenvalue weighted by Crippen LogP contribution is -2.46. The van der Waals surface area contributed by atoms with Crippen molar-refractivity contribution in [3.63, 3.8) is 0 Å². The third-order valence-corrected chi connectivity index (χ3v) is 3.46. The number of hydrogen-bond donors (Lipinski definition) is 1. The van der Waals surface area contributed by atoms with E-state index < -0.39 is 48.2 Å². The fourth-order valence-corrected chi connectivity index (χ4v) is 2.62. The number of carbonyl (C=O) groups is 1. The van der Waals surface area contributed by atoms with Gasteiger partial charge in [-0.2, -0.15) is 4.79 Å². The summed E-state index contributed by atoms with van der Waals surface area (Å²) < 4.78 is 26.8. The summed E-state index contributed by atoms with van der Waals surface area (Å²) in [7, 11) is 1.43. The van der Waals surface area contributed by atoms with Gasteiger partial charge in [-0.25, -0.2) is 4.79 Å². The molecule has 9 heteroatoms. The van der Waals surface area contributed by atoms with Crippen LogP contribution in [-0.2, 0) is 28.5 Å². The molecule has 5 atom stereocenters. The standard InChI is InChI=1S/C13H20N2O7/c1-5-19-11(17)6(15-14)7(16)8-9-10(12(18-4)20-8)22-13(2,3)21-9/h7-10,12,16H,5H2,1-4H3/t7?,8-,9-,10-,12-/m1/s1. The van der Waals surface area contributed by atoms with E-state index in [-0.39, 0.29) is 6.61 Å². The number of rotatable bonds is 5. The van der Waals surface area contributed by atoms with Crippen LogP contribution in [0.3, 0.4) is 0 Å². The van der Waals surface area contributed by atoms with Crippen molar-refractivity contribution in [2.75, 3.05) is 13.7 Å². The monoisotopic (exact) mass is 316 g/mol. The predicted molar refractivity (Wildman–Crippen MR) is 70.8 cm³/mol. The van der Waals surface area contributed by atoms with E-state index in [1.54, 1.807) is 20.8 Å². The Morgan fingerprint density at radius 1 is 1.41 bits per heavy atom. The molecule has 0 amide bonds. The molecule has 1 unspecified atom stereocenters. The van der Waals surface area contributed by atoms with Crippen molar-refractivity contribution < 1.29 is 38.4 Å². The van der Waals surface area contributed by atoms with Crippen LogP contribution in [0.2, 0.25) is 0 Å². The van der Waals surface area contributed by atoms with Crippen molar-refractivity contribution in [2.24, 2.45) is 0 Å². The van der Waals surface area contributed by atoms with Crippen LogP contribution in [0, 0.1) is 0 Å². The number of fused-ring (bicyclic) bond motifs is 1. The first-order chi connectivity index (χ1) is 10.3. The molecule has 0 aromatic heterocycles. The fraction of sp³-hybridized carbons (Fsp3) is 0.846. The second kappa shape index (κ2) is 6.41. The van der Waals surface area contributed by atoms with E-state index in [4.69, 9.17) is 29.2 Å². The fourth-order valence-electron chi connectivity index (χ4n) is 2.62. The van der Waals surface area contributed by atoms with Gasteiger partial charge in [0, 0.05) is 7.11 Å². The van der Waals surface area contributed by atoms with E-state index in [1.807, 2.05) is 0 Å². The van der Waals surface area contributed by atoms with Gasteiger partial charge in [0.15, 0.2) is 18.2 Å². The van der Waals surface area contributed by atoms with Gasteiger partial charge in [-0.15, -0.1) is 0 Å². The number of methoxy groups -OCH3 is 1. The van der Waals surface area contributed by atoms with Gasteiger partial charge in [-0.1, -0.05) is 0 Å². The lowest BCUT2D eigenvalue weighted by Gasteiger charge is -2.24. The molecule has 2 aliphatic heterocycles. The maximum atomic E-state index is 11.7. The molecule has 9 nitrogen and oxygen atoms in total. The number of nitrogens with zero attached hydrogens (tertiary/aromatic N) is 2. The first-order valence-corrected chi connectivity index (χ1v) is 6.95. The predicted octanol–water partition coefficient (Wildman–Crippen LogP) is -0.527. The van der Waals surface area contributed by atoms with E-state index in [9.17, 15) is 9.90 Å². The first kappa shape index (κ1) is 17.0. The van der Waals surface area contributed by atoms with Gasteiger partial charge in [0.05, 0.1) is 6.61 Å². The Balaban J connectivity index is 2.20. The molecule has 124 valence electrons. The Hall–Kier alpha value is -1.35. The minimum Gasteiger partial charge on any atom is -0.457 e. The largest absolute Gasteiger partial charge is 0.457 e. The number of esters is 1. The molecule has 0 aromatic carbocycles. The van der Waals surface area contributed by atoms with Crippen LogP contribution < -0.4 is 0 Å². The summed E-state index contributed by atoms with van der Waals surface area (Å²) in [4.78, 5) is 14.5. The summed E-state index contributed by atoms with van der Waals surface area (Å²) in [5.41, 5.74) is 8.43. The third kappa shape index (κ3) is 3.05. The molecular formula is C13H20N2O7. The van der Waals surface area contributed by atoms with E-state index >= 15 is 0 Å². The highest BCUT2D eigenvalue weighted by molar-refractivity contribution is 6.35. The van der Waals surface area contributed by atoms with Gasteiger partial charge >= 0.3 is 11.7 Å². The molecule has 0 spiro atoms. The minimum atomic E-state index is -1.55. The molecule has 0 aromatic rings. The normalized spacial score (nSPS) is 33.9. The van der Waals surface area contributed by atoms with Crippen molar-refractivity contribution in [2.45, 2.75) is 57.3 Å². The van der Waals surface area contributed by atoms with Crippen molar-refractivity contribution in [1.29, 1.82) is 0 Å². The quantitative estimate of drug-likeness (QED) is 0.313. The summed E-state index contributed by atoms with van der Waals surface area (Å²) in [5.74, 6) is -1.81. The van der Waals surface area contributed by atoms with Crippen molar-refractivity contribution >= 4 is 11.7 Å². The Morgan fingerprint density at radius 3 is 2.59 bits per heavy atom. The summed E-state index contributed by atoms with van der Waals surface area (Å²) in [6.45, 7) is 5.11. The average Bonchev–Trinajstić information content (AvgIpc) is 2.92. The van der Waals surface area contributed by atoms with Crippen LogP contribution in [0.4, 0.5) is 0 Å². The second-order valence-corrected chi connectivity index (χ2v) is 5.42. The molecule has 22 heavy (non-hydrogen) atoms. The molecule has 1 N–H and O–H groups in total. The average molecular weight is 316 g/mol. The van der Waals surface area contributed by atoms with Gasteiger partial charge in [0.1, 0.15) is 18.3 Å². The molecular weight excluding hydrogens is 296 g/mol. The van der Waals surface area contributed by atoms with Gasteiger partial charge in [0.25, 0.3) is 0 Å². The smallest absolute Gasteiger partial charge is 0.419 e. The number of hydrogen-bond acceptors (Lipinski definition) is 7. The van der Waals surface area contributed by atoms with E-state index in [0.29, 0.717) is 0 Å². The molecule has 0 bridgehead atoms. The summed E-state index contributed by atoms with van der Waals surface area (Å²) in [6.07, 6.45) is -4.56. The Morgan fingerprint density at radius 2 is 2.05 bits per heavy atom. The Bertz CT molecular complexity index is 489. The van der Waals surface area contributed by atoms with Crippen molar-refractivity contribution in [3.05, 3.63) is 5.53 Å². The molecule has 2 fully saturated rings. The second-order valence-electron chi connectivity index (χ2n) is 5.42. The molecule has 2 saturated heterocycles. The zero-order valence-corrected chi connectivity index (χ0v) is 12.9. The van der Waals surface area contributed by atoms with E-state index in [2.05, 4.69) is 4.79 Å². The topological polar surface area (TPSA) is 120 Å². The SMILES string of the molecule is CCOC(=O)C(=[N+]=[N-])C(O)[C@H]1O[C@@H](OC)[C@@H]2OC(C)(C)O[C@@H]21. The zero-order chi connectivity index (χ0) is 16.5. The van der Waals surface area contributed by atoms with Crippen molar-refractivity contribution in [1.82, 2.24) is 0 Å². The van der Waals surface area contributed by atoms with Crippen LogP contribution in [0.15, 0.2) is 0 Å². The molecule has 2 heterocycles. The maximum absolute atomic E-state index is 11.7.